The van der Waals surface area contributed by atoms with Crippen molar-refractivity contribution in [2.24, 2.45) is 4.99 Å². The van der Waals surface area contributed by atoms with Crippen molar-refractivity contribution in [3.8, 4) is 6.07 Å². The summed E-state index contributed by atoms with van der Waals surface area (Å²) in [7, 11) is 0. The van der Waals surface area contributed by atoms with E-state index in [0.717, 1.165) is 11.8 Å². The van der Waals surface area contributed by atoms with Gasteiger partial charge in [-0.15, -0.1) is 0 Å². The summed E-state index contributed by atoms with van der Waals surface area (Å²) in [6.45, 7) is 6.79. The molecule has 0 aromatic carbocycles. The Kier molecular flexibility index (Phi) is 9.00. The van der Waals surface area contributed by atoms with Gasteiger partial charge < -0.3 is 18.9 Å². The molecular formula is C20H22ClN3O7S. The first-order chi connectivity index (χ1) is 15.1. The fraction of sp³-hybridized carbons (Fsp3) is 0.500. The zero-order chi connectivity index (χ0) is 23.9. The topological polar surface area (TPSA) is 137 Å². The number of pyridine rings is 1. The number of carbonyl (C=O) groups is 3. The van der Waals surface area contributed by atoms with Crippen molar-refractivity contribution in [2.75, 3.05) is 13.2 Å². The number of nitriles is 1. The molecule has 1 fully saturated rings. The van der Waals surface area contributed by atoms with Crippen LogP contribution in [0.2, 0.25) is 5.02 Å². The lowest BCUT2D eigenvalue weighted by Crippen LogP contribution is -2.57. The second-order valence-electron chi connectivity index (χ2n) is 6.89. The molecule has 1 saturated heterocycles. The molecule has 1 aromatic heterocycles. The number of thioether (sulfide) groups is 1. The van der Waals surface area contributed by atoms with Crippen LogP contribution >= 0.6 is 23.4 Å². The first-order valence-corrected chi connectivity index (χ1v) is 10.6. The van der Waals surface area contributed by atoms with E-state index in [1.807, 2.05) is 6.07 Å². The molecule has 0 aliphatic carbocycles. The predicted molar refractivity (Wildman–Crippen MR) is 114 cm³/mol. The van der Waals surface area contributed by atoms with E-state index in [9.17, 15) is 19.6 Å². The number of hydrogen-bond acceptors (Lipinski definition) is 11. The van der Waals surface area contributed by atoms with Crippen LogP contribution < -0.4 is 0 Å². The molecule has 0 bridgehead atoms. The van der Waals surface area contributed by atoms with Crippen molar-refractivity contribution >= 4 is 48.0 Å². The molecule has 10 nitrogen and oxygen atoms in total. The quantitative estimate of drug-likeness (QED) is 0.307. The molecule has 0 radical (unpaired) electrons. The molecule has 3 unspecified atom stereocenters. The molecule has 32 heavy (non-hydrogen) atoms. The van der Waals surface area contributed by atoms with Gasteiger partial charge in [0, 0.05) is 38.3 Å². The number of ether oxygens (including phenoxy) is 4. The lowest BCUT2D eigenvalue weighted by Gasteiger charge is -2.45. The fourth-order valence-corrected chi connectivity index (χ4v) is 4.65. The minimum absolute atomic E-state index is 0.0898. The third kappa shape index (κ3) is 6.91. The molecule has 172 valence electrons. The maximum Gasteiger partial charge on any atom is 0.303 e. The second-order valence-corrected chi connectivity index (χ2v) is 8.72. The van der Waals surface area contributed by atoms with Crippen LogP contribution in [-0.2, 0) is 33.3 Å². The Morgan fingerprint density at radius 2 is 2.03 bits per heavy atom. The maximum absolute atomic E-state index is 11.7. The highest BCUT2D eigenvalue weighted by atomic mass is 35.5. The maximum atomic E-state index is 11.7. The second kappa shape index (κ2) is 11.3. The van der Waals surface area contributed by atoms with Crippen molar-refractivity contribution in [1.29, 1.82) is 5.26 Å². The summed E-state index contributed by atoms with van der Waals surface area (Å²) >= 11 is 7.12. The largest absolute Gasteiger partial charge is 0.463 e. The van der Waals surface area contributed by atoms with E-state index in [2.05, 4.69) is 16.7 Å². The molecule has 0 saturated carbocycles. The number of nitrogens with zero attached hydrogens (tertiary/aromatic N) is 3. The van der Waals surface area contributed by atoms with Gasteiger partial charge in [0.05, 0.1) is 11.1 Å². The van der Waals surface area contributed by atoms with Gasteiger partial charge in [-0.2, -0.15) is 5.26 Å². The van der Waals surface area contributed by atoms with E-state index in [4.69, 9.17) is 30.5 Å². The first-order valence-electron chi connectivity index (χ1n) is 9.41. The Morgan fingerprint density at radius 3 is 2.59 bits per heavy atom. The molecule has 1 aromatic rings. The smallest absolute Gasteiger partial charge is 0.303 e. The summed E-state index contributed by atoms with van der Waals surface area (Å²) in [6, 6.07) is 2.83. The van der Waals surface area contributed by atoms with Gasteiger partial charge in [-0.1, -0.05) is 23.4 Å². The minimum Gasteiger partial charge on any atom is -0.463 e. The molecule has 4 atom stereocenters. The molecule has 0 amide bonds. The van der Waals surface area contributed by atoms with E-state index in [0.29, 0.717) is 4.90 Å². The normalized spacial score (nSPS) is 24.7. The van der Waals surface area contributed by atoms with Crippen LogP contribution in [0.3, 0.4) is 0 Å². The van der Waals surface area contributed by atoms with Gasteiger partial charge in [0.15, 0.2) is 16.7 Å². The average Bonchev–Trinajstić information content (AvgIpc) is 2.72. The fourth-order valence-electron chi connectivity index (χ4n) is 3.10. The highest BCUT2D eigenvalue weighted by Gasteiger charge is 2.51. The predicted octanol–water partition coefficient (Wildman–Crippen LogP) is 2.31. The summed E-state index contributed by atoms with van der Waals surface area (Å²) in [5, 5.41) is 9.73. The van der Waals surface area contributed by atoms with Crippen LogP contribution in [0.1, 0.15) is 32.9 Å². The zero-order valence-corrected chi connectivity index (χ0v) is 19.3. The summed E-state index contributed by atoms with van der Waals surface area (Å²) < 4.78 is 22.0. The lowest BCUT2D eigenvalue weighted by atomic mass is 9.95. The molecule has 0 N–H and O–H groups in total. The van der Waals surface area contributed by atoms with Gasteiger partial charge in [0.25, 0.3) is 0 Å². The Morgan fingerprint density at radius 1 is 1.34 bits per heavy atom. The molecular weight excluding hydrogens is 462 g/mol. The number of esters is 3. The molecule has 12 heteroatoms. The monoisotopic (exact) mass is 483 g/mol. The van der Waals surface area contributed by atoms with Crippen LogP contribution in [0.15, 0.2) is 22.2 Å². The first kappa shape index (κ1) is 25.6. The zero-order valence-electron chi connectivity index (χ0n) is 17.7. The van der Waals surface area contributed by atoms with Crippen LogP contribution in [0.5, 0.6) is 0 Å². The van der Waals surface area contributed by atoms with Crippen molar-refractivity contribution in [3.05, 3.63) is 23.0 Å². The van der Waals surface area contributed by atoms with E-state index >= 15 is 0 Å². The van der Waals surface area contributed by atoms with Crippen molar-refractivity contribution in [1.82, 2.24) is 4.98 Å². The Hall–Kier alpha value is -2.68. The summed E-state index contributed by atoms with van der Waals surface area (Å²) in [4.78, 5) is 41.8. The standard InChI is InChI=1S/C20H22ClN3O7S/c1-11(25)28-9-17-19(30-13(3)27)15(23-4)6-20(31-17,10-29-12(2)26)32-18-5-14(21)8-24-16(18)7-22/h5,8,15,17,19H,4,6,9-10H2,1-3H3/t15?,17?,19-,20?/m1/s1. The molecule has 0 spiro atoms. The molecule has 2 heterocycles. The van der Waals surface area contributed by atoms with E-state index in [1.165, 1.54) is 33.0 Å². The van der Waals surface area contributed by atoms with Crippen LogP contribution in [0, 0.1) is 11.3 Å². The Bertz CT molecular complexity index is 938. The molecule has 1 aliphatic heterocycles. The van der Waals surface area contributed by atoms with Gasteiger partial charge in [0.1, 0.15) is 25.4 Å². The lowest BCUT2D eigenvalue weighted by molar-refractivity contribution is -0.199. The minimum atomic E-state index is -1.29. The van der Waals surface area contributed by atoms with Gasteiger partial charge in [-0.05, 0) is 12.8 Å². The molecule has 1 aliphatic rings. The number of aliphatic imine (C=N–C) groups is 1. The van der Waals surface area contributed by atoms with Gasteiger partial charge >= 0.3 is 17.9 Å². The number of carbonyl (C=O) groups excluding carboxylic acids is 3. The van der Waals surface area contributed by atoms with E-state index < -0.39 is 41.1 Å². The van der Waals surface area contributed by atoms with Crippen molar-refractivity contribution in [2.45, 2.75) is 55.3 Å². The average molecular weight is 484 g/mol. The third-order valence-corrected chi connectivity index (χ3v) is 5.83. The van der Waals surface area contributed by atoms with Crippen molar-refractivity contribution < 1.29 is 33.3 Å². The van der Waals surface area contributed by atoms with Crippen LogP contribution in [0.4, 0.5) is 0 Å². The summed E-state index contributed by atoms with van der Waals surface area (Å²) in [6.07, 6.45) is -0.421. The van der Waals surface area contributed by atoms with Gasteiger partial charge in [-0.3, -0.25) is 19.4 Å². The number of aromatic nitrogens is 1. The highest BCUT2D eigenvalue weighted by molar-refractivity contribution is 8.00. The van der Waals surface area contributed by atoms with E-state index in [-0.39, 0.29) is 30.4 Å². The number of hydrogen-bond donors (Lipinski definition) is 0. The number of halogens is 1. The Balaban J connectivity index is 2.49. The van der Waals surface area contributed by atoms with Gasteiger partial charge in [0.2, 0.25) is 0 Å². The summed E-state index contributed by atoms with van der Waals surface area (Å²) in [5.74, 6) is -1.70. The van der Waals surface area contributed by atoms with Crippen molar-refractivity contribution in [3.63, 3.8) is 0 Å². The summed E-state index contributed by atoms with van der Waals surface area (Å²) in [5.41, 5.74) is 0.0898. The highest BCUT2D eigenvalue weighted by Crippen LogP contribution is 2.45. The number of rotatable bonds is 8. The third-order valence-electron chi connectivity index (χ3n) is 4.34. The van der Waals surface area contributed by atoms with Gasteiger partial charge in [-0.25, -0.2) is 4.98 Å². The molecule has 2 rings (SSSR count). The van der Waals surface area contributed by atoms with Crippen LogP contribution in [-0.4, -0.2) is 66.0 Å². The van der Waals surface area contributed by atoms with E-state index in [1.54, 1.807) is 0 Å². The van der Waals surface area contributed by atoms with Crippen LogP contribution in [0.25, 0.3) is 0 Å². The Labute approximate surface area is 194 Å². The SMILES string of the molecule is C=NC1CC(COC(C)=O)(Sc2cc(Cl)cnc2C#N)OC(COC(C)=O)[C@@H]1OC(C)=O.